The average Bonchev–Trinajstić information content (AvgIpc) is 2.67. The highest BCUT2D eigenvalue weighted by Crippen LogP contribution is 2.15. The Morgan fingerprint density at radius 2 is 2.25 bits per heavy atom. The minimum absolute atomic E-state index is 0.182. The predicted molar refractivity (Wildman–Crippen MR) is 58.4 cm³/mol. The standard InChI is InChI=1S/C10H8ClN3O2/c11-8-4-2-1-3-7(8)6-16-14-9-5-12-13-10(9)15/h1-4H,5-6H2. The molecule has 5 nitrogen and oxygen atoms in total. The molecular weight excluding hydrogens is 230 g/mol. The first-order valence-corrected chi connectivity index (χ1v) is 4.99. The summed E-state index contributed by atoms with van der Waals surface area (Å²) in [6, 6.07) is 7.27. The summed E-state index contributed by atoms with van der Waals surface area (Å²) >= 11 is 5.92. The number of amides is 1. The molecule has 0 aliphatic carbocycles. The van der Waals surface area contributed by atoms with Crippen LogP contribution in [0.25, 0.3) is 0 Å². The molecule has 0 unspecified atom stereocenters. The fraction of sp³-hybridized carbons (Fsp3) is 0.200. The number of hydrogen-bond acceptors (Lipinski definition) is 4. The fourth-order valence-corrected chi connectivity index (χ4v) is 1.35. The van der Waals surface area contributed by atoms with Crippen LogP contribution in [0, 0.1) is 0 Å². The monoisotopic (exact) mass is 237 g/mol. The summed E-state index contributed by atoms with van der Waals surface area (Å²) in [5.74, 6) is -0.445. The Morgan fingerprint density at radius 1 is 1.44 bits per heavy atom. The van der Waals surface area contributed by atoms with Crippen LogP contribution >= 0.6 is 11.6 Å². The van der Waals surface area contributed by atoms with E-state index in [4.69, 9.17) is 16.4 Å². The third kappa shape index (κ3) is 2.43. The van der Waals surface area contributed by atoms with Gasteiger partial charge in [0, 0.05) is 10.6 Å². The number of carbonyl (C=O) groups excluding carboxylic acids is 1. The maximum Gasteiger partial charge on any atom is 0.314 e. The number of carbonyl (C=O) groups is 1. The molecule has 0 bridgehead atoms. The lowest BCUT2D eigenvalue weighted by molar-refractivity contribution is -0.112. The molecule has 1 aliphatic heterocycles. The van der Waals surface area contributed by atoms with Crippen molar-refractivity contribution < 1.29 is 9.63 Å². The van der Waals surface area contributed by atoms with Crippen molar-refractivity contribution in [2.75, 3.05) is 6.54 Å². The molecule has 1 aliphatic rings. The number of benzene rings is 1. The SMILES string of the molecule is O=C1N=NCC1=NOCc1ccccc1Cl. The zero-order chi connectivity index (χ0) is 11.4. The van der Waals surface area contributed by atoms with Gasteiger partial charge < -0.3 is 4.84 Å². The smallest absolute Gasteiger partial charge is 0.314 e. The summed E-state index contributed by atoms with van der Waals surface area (Å²) < 4.78 is 0. The van der Waals surface area contributed by atoms with Crippen LogP contribution in [0.3, 0.4) is 0 Å². The number of azo groups is 1. The average molecular weight is 238 g/mol. The Hall–Kier alpha value is -1.75. The van der Waals surface area contributed by atoms with E-state index in [-0.39, 0.29) is 18.9 Å². The van der Waals surface area contributed by atoms with Gasteiger partial charge in [-0.3, -0.25) is 4.79 Å². The molecule has 1 amide bonds. The van der Waals surface area contributed by atoms with Crippen LogP contribution in [0.4, 0.5) is 0 Å². The van der Waals surface area contributed by atoms with E-state index in [1.54, 1.807) is 6.07 Å². The second-order valence-corrected chi connectivity index (χ2v) is 3.51. The van der Waals surface area contributed by atoms with E-state index in [9.17, 15) is 4.79 Å². The summed E-state index contributed by atoms with van der Waals surface area (Å²) in [7, 11) is 0. The van der Waals surface area contributed by atoms with Crippen LogP contribution in [-0.4, -0.2) is 18.2 Å². The van der Waals surface area contributed by atoms with Crippen molar-refractivity contribution in [3.8, 4) is 0 Å². The van der Waals surface area contributed by atoms with Crippen molar-refractivity contribution in [3.05, 3.63) is 34.9 Å². The Labute approximate surface area is 96.8 Å². The molecular formula is C10H8ClN3O2. The van der Waals surface area contributed by atoms with Gasteiger partial charge in [-0.25, -0.2) is 0 Å². The van der Waals surface area contributed by atoms with Gasteiger partial charge in [-0.2, -0.15) is 5.11 Å². The molecule has 0 N–H and O–H groups in total. The van der Waals surface area contributed by atoms with Gasteiger partial charge in [0.1, 0.15) is 13.2 Å². The van der Waals surface area contributed by atoms with Gasteiger partial charge in [-0.15, -0.1) is 5.11 Å². The summed E-state index contributed by atoms with van der Waals surface area (Å²) in [6.45, 7) is 0.401. The second kappa shape index (κ2) is 4.85. The largest absolute Gasteiger partial charge is 0.390 e. The number of oxime groups is 1. The van der Waals surface area contributed by atoms with Crippen molar-refractivity contribution >= 4 is 23.2 Å². The lowest BCUT2D eigenvalue weighted by Crippen LogP contribution is -2.09. The van der Waals surface area contributed by atoms with Crippen LogP contribution in [0.15, 0.2) is 39.6 Å². The zero-order valence-electron chi connectivity index (χ0n) is 8.26. The van der Waals surface area contributed by atoms with Crippen molar-refractivity contribution in [3.63, 3.8) is 0 Å². The van der Waals surface area contributed by atoms with Gasteiger partial charge in [0.15, 0.2) is 5.71 Å². The first-order chi connectivity index (χ1) is 7.77. The van der Waals surface area contributed by atoms with E-state index in [1.165, 1.54) is 0 Å². The van der Waals surface area contributed by atoms with Gasteiger partial charge in [0.05, 0.1) is 0 Å². The molecule has 0 saturated carbocycles. The van der Waals surface area contributed by atoms with Crippen molar-refractivity contribution in [2.45, 2.75) is 6.61 Å². The third-order valence-corrected chi connectivity index (χ3v) is 2.35. The van der Waals surface area contributed by atoms with Gasteiger partial charge in [-0.05, 0) is 6.07 Å². The lowest BCUT2D eigenvalue weighted by Gasteiger charge is -2.02. The molecule has 0 aromatic heterocycles. The molecule has 1 heterocycles. The molecule has 6 heteroatoms. The number of nitrogens with zero attached hydrogens (tertiary/aromatic N) is 3. The first-order valence-electron chi connectivity index (χ1n) is 4.61. The molecule has 82 valence electrons. The molecule has 1 aromatic rings. The summed E-state index contributed by atoms with van der Waals surface area (Å²) in [5, 5.41) is 11.1. The highest BCUT2D eigenvalue weighted by Gasteiger charge is 2.16. The van der Waals surface area contributed by atoms with Crippen LogP contribution in [0.1, 0.15) is 5.56 Å². The van der Waals surface area contributed by atoms with E-state index in [0.29, 0.717) is 5.02 Å². The van der Waals surface area contributed by atoms with E-state index in [1.807, 2.05) is 18.2 Å². The second-order valence-electron chi connectivity index (χ2n) is 3.11. The maximum absolute atomic E-state index is 11.0. The Bertz CT molecular complexity index is 471. The number of halogens is 1. The fourth-order valence-electron chi connectivity index (χ4n) is 1.16. The summed E-state index contributed by atoms with van der Waals surface area (Å²) in [6.07, 6.45) is 0. The zero-order valence-corrected chi connectivity index (χ0v) is 9.02. The maximum atomic E-state index is 11.0. The Balaban J connectivity index is 1.94. The van der Waals surface area contributed by atoms with Crippen molar-refractivity contribution in [2.24, 2.45) is 15.4 Å². The van der Waals surface area contributed by atoms with E-state index >= 15 is 0 Å². The molecule has 0 atom stereocenters. The quantitative estimate of drug-likeness (QED) is 0.757. The molecule has 0 fully saturated rings. The Kier molecular flexibility index (Phi) is 3.26. The molecule has 2 rings (SSSR count). The Morgan fingerprint density at radius 3 is 2.94 bits per heavy atom. The van der Waals surface area contributed by atoms with E-state index in [0.717, 1.165) is 5.56 Å². The predicted octanol–water partition coefficient (Wildman–Crippen LogP) is 2.21. The number of hydrogen-bond donors (Lipinski definition) is 0. The minimum Gasteiger partial charge on any atom is -0.390 e. The van der Waals surface area contributed by atoms with Crippen molar-refractivity contribution in [1.82, 2.24) is 0 Å². The lowest BCUT2D eigenvalue weighted by atomic mass is 10.2. The number of rotatable bonds is 3. The molecule has 0 radical (unpaired) electrons. The summed E-state index contributed by atoms with van der Waals surface area (Å²) in [5.41, 5.74) is 1.03. The van der Waals surface area contributed by atoms with Crippen LogP contribution in [0.5, 0.6) is 0 Å². The van der Waals surface area contributed by atoms with Gasteiger partial charge in [-0.1, -0.05) is 35.0 Å². The minimum atomic E-state index is -0.445. The topological polar surface area (TPSA) is 63.4 Å². The highest BCUT2D eigenvalue weighted by molar-refractivity contribution is 6.41. The van der Waals surface area contributed by atoms with Gasteiger partial charge >= 0.3 is 5.91 Å². The van der Waals surface area contributed by atoms with Crippen LogP contribution in [0.2, 0.25) is 5.02 Å². The van der Waals surface area contributed by atoms with E-state index in [2.05, 4.69) is 15.4 Å². The molecule has 0 spiro atoms. The summed E-state index contributed by atoms with van der Waals surface area (Å²) in [4.78, 5) is 16.0. The third-order valence-electron chi connectivity index (χ3n) is 1.98. The van der Waals surface area contributed by atoms with Crippen molar-refractivity contribution in [1.29, 1.82) is 0 Å². The highest BCUT2D eigenvalue weighted by atomic mass is 35.5. The molecule has 1 aromatic carbocycles. The van der Waals surface area contributed by atoms with E-state index < -0.39 is 5.91 Å². The normalized spacial score (nSPS) is 17.1. The van der Waals surface area contributed by atoms with Gasteiger partial charge in [0.25, 0.3) is 0 Å². The molecule has 0 saturated heterocycles. The first kappa shape index (κ1) is 10.8. The molecule has 16 heavy (non-hydrogen) atoms. The van der Waals surface area contributed by atoms with Crippen LogP contribution in [-0.2, 0) is 16.2 Å². The van der Waals surface area contributed by atoms with Gasteiger partial charge in [0.2, 0.25) is 0 Å². The van der Waals surface area contributed by atoms with Crippen LogP contribution < -0.4 is 0 Å².